The van der Waals surface area contributed by atoms with E-state index in [2.05, 4.69) is 0 Å². The van der Waals surface area contributed by atoms with Crippen LogP contribution in [-0.4, -0.2) is 53.8 Å². The fourth-order valence-electron chi connectivity index (χ4n) is 6.90. The van der Waals surface area contributed by atoms with Crippen LogP contribution >= 0.6 is 0 Å². The van der Waals surface area contributed by atoms with Crippen LogP contribution in [0.4, 0.5) is 0 Å². The molecular weight excluding hydrogens is 627 g/mol. The van der Waals surface area contributed by atoms with Crippen molar-refractivity contribution in [3.8, 4) is 85.1 Å². The molecule has 0 fully saturated rings. The maximum Gasteiger partial charge on any atom is 0.208 e. The van der Waals surface area contributed by atoms with Gasteiger partial charge in [-0.1, -0.05) is 66.7 Å². The van der Waals surface area contributed by atoms with Crippen molar-refractivity contribution in [2.45, 2.75) is 0 Å². The van der Waals surface area contributed by atoms with Gasteiger partial charge in [-0.25, -0.2) is 0 Å². The summed E-state index contributed by atoms with van der Waals surface area (Å²) in [5.74, 6) is -7.26. The molecule has 0 radical (unpaired) electrons. The normalized spacial score (nSPS) is 11.7. The van der Waals surface area contributed by atoms with Crippen LogP contribution in [0.2, 0.25) is 0 Å². The molecule has 8 rings (SSSR count). The first-order chi connectivity index (χ1) is 23.5. The van der Waals surface area contributed by atoms with Crippen molar-refractivity contribution in [2.24, 2.45) is 0 Å². The first kappa shape index (κ1) is 29.5. The van der Waals surface area contributed by atoms with Gasteiger partial charge in [0, 0.05) is 21.8 Å². The minimum absolute atomic E-state index is 0.103. The van der Waals surface area contributed by atoms with Gasteiger partial charge in [-0.2, -0.15) is 0 Å². The number of furan rings is 1. The summed E-state index contributed by atoms with van der Waals surface area (Å²) in [6.45, 7) is 0. The molecule has 0 saturated heterocycles. The molecule has 11 heteroatoms. The number of hydrogen-bond donors (Lipinski definition) is 9. The Morgan fingerprint density at radius 3 is 1.35 bits per heavy atom. The van der Waals surface area contributed by atoms with Crippen LogP contribution in [0.15, 0.2) is 89.3 Å². The smallest absolute Gasteiger partial charge is 0.208 e. The lowest BCUT2D eigenvalue weighted by molar-refractivity contribution is 0.330. The van der Waals surface area contributed by atoms with E-state index in [0.29, 0.717) is 49.2 Å². The Balaban J connectivity index is 1.59. The molecule has 0 amide bonds. The van der Waals surface area contributed by atoms with E-state index in [4.69, 9.17) is 4.42 Å². The zero-order valence-electron chi connectivity index (χ0n) is 25.5. The predicted molar refractivity (Wildman–Crippen MR) is 188 cm³/mol. The molecule has 0 atom stereocenters. The van der Waals surface area contributed by atoms with Gasteiger partial charge < -0.3 is 50.4 Å². The lowest BCUT2D eigenvalue weighted by Crippen LogP contribution is -2.05. The quantitative estimate of drug-likeness (QED) is 0.0440. The van der Waals surface area contributed by atoms with E-state index in [-0.39, 0.29) is 27.7 Å². The fraction of sp³-hybridized carbons (Fsp3) is 0. The second-order valence-electron chi connectivity index (χ2n) is 11.8. The van der Waals surface area contributed by atoms with E-state index in [1.165, 1.54) is 7.85 Å². The fourth-order valence-corrected chi connectivity index (χ4v) is 6.90. The highest BCUT2D eigenvalue weighted by molar-refractivity contribution is 6.37. The van der Waals surface area contributed by atoms with Crippen molar-refractivity contribution in [3.05, 3.63) is 84.9 Å². The largest absolute Gasteiger partial charge is 0.505 e. The van der Waals surface area contributed by atoms with Crippen LogP contribution in [0.5, 0.6) is 51.7 Å². The van der Waals surface area contributed by atoms with Crippen molar-refractivity contribution >= 4 is 56.8 Å². The van der Waals surface area contributed by atoms with Crippen LogP contribution in [0.25, 0.3) is 76.9 Å². The monoisotopic (exact) mass is 652 g/mol. The van der Waals surface area contributed by atoms with E-state index >= 15 is 0 Å². The number of aromatic hydroxyl groups is 9. The lowest BCUT2D eigenvalue weighted by Gasteiger charge is -2.21. The Labute approximate surface area is 276 Å². The highest BCUT2D eigenvalue weighted by Gasteiger charge is 2.30. The highest BCUT2D eigenvalue weighted by Crippen LogP contribution is 2.58. The molecule has 1 heterocycles. The molecule has 0 spiro atoms. The Bertz CT molecular complexity index is 2620. The van der Waals surface area contributed by atoms with Crippen molar-refractivity contribution in [1.82, 2.24) is 0 Å². The second-order valence-corrected chi connectivity index (χ2v) is 11.8. The summed E-state index contributed by atoms with van der Waals surface area (Å²) in [5.41, 5.74) is 1.96. The van der Waals surface area contributed by atoms with Gasteiger partial charge in [0.1, 0.15) is 19.0 Å². The van der Waals surface area contributed by atoms with Gasteiger partial charge in [0.2, 0.25) is 17.2 Å². The number of phenols is 9. The minimum atomic E-state index is -1.07. The van der Waals surface area contributed by atoms with Crippen molar-refractivity contribution in [3.63, 3.8) is 0 Å². The third-order valence-electron chi connectivity index (χ3n) is 9.22. The molecule has 8 aromatic rings. The molecule has 1 aromatic heterocycles. The zero-order valence-corrected chi connectivity index (χ0v) is 25.5. The molecular formula is C38H25BO10. The molecule has 0 saturated carbocycles. The van der Waals surface area contributed by atoms with Gasteiger partial charge in [-0.05, 0) is 56.4 Å². The van der Waals surface area contributed by atoms with Gasteiger partial charge in [0.25, 0.3) is 0 Å². The summed E-state index contributed by atoms with van der Waals surface area (Å²) >= 11 is 0. The number of hydrogen-bond acceptors (Lipinski definition) is 10. The van der Waals surface area contributed by atoms with Crippen LogP contribution in [-0.2, 0) is 0 Å². The number of para-hydroxylation sites is 1. The lowest BCUT2D eigenvalue weighted by atomic mass is 9.83. The Morgan fingerprint density at radius 1 is 0.388 bits per heavy atom. The third kappa shape index (κ3) is 3.96. The Hall–Kier alpha value is -6.88. The third-order valence-corrected chi connectivity index (χ3v) is 9.22. The van der Waals surface area contributed by atoms with Gasteiger partial charge in [-0.15, -0.1) is 0 Å². The van der Waals surface area contributed by atoms with Crippen LogP contribution in [0, 0.1) is 0 Å². The second kappa shape index (κ2) is 10.3. The van der Waals surface area contributed by atoms with Gasteiger partial charge in [0.15, 0.2) is 34.5 Å². The van der Waals surface area contributed by atoms with Gasteiger partial charge >= 0.3 is 0 Å². The maximum absolute atomic E-state index is 11.1. The topological polar surface area (TPSA) is 195 Å². The molecule has 240 valence electrons. The van der Waals surface area contributed by atoms with Gasteiger partial charge in [0.05, 0.1) is 11.1 Å². The van der Waals surface area contributed by atoms with E-state index in [0.717, 1.165) is 5.39 Å². The average Bonchev–Trinajstić information content (AvgIpc) is 3.50. The van der Waals surface area contributed by atoms with Crippen LogP contribution < -0.4 is 5.46 Å². The summed E-state index contributed by atoms with van der Waals surface area (Å²) in [6.07, 6.45) is 0. The molecule has 0 aliphatic carbocycles. The first-order valence-corrected chi connectivity index (χ1v) is 15.1. The molecule has 7 aromatic carbocycles. The number of benzene rings is 7. The Morgan fingerprint density at radius 2 is 0.816 bits per heavy atom. The summed E-state index contributed by atoms with van der Waals surface area (Å²) in [7, 11) is 1.35. The summed E-state index contributed by atoms with van der Waals surface area (Å²) < 4.78 is 6.29. The van der Waals surface area contributed by atoms with Crippen LogP contribution in [0.3, 0.4) is 0 Å². The van der Waals surface area contributed by atoms with E-state index < -0.39 is 51.7 Å². The molecule has 9 N–H and O–H groups in total. The molecule has 0 aliphatic heterocycles. The summed E-state index contributed by atoms with van der Waals surface area (Å²) in [5, 5.41) is 100. The summed E-state index contributed by atoms with van der Waals surface area (Å²) in [6, 6.07) is 24.8. The maximum atomic E-state index is 11.1. The zero-order chi connectivity index (χ0) is 34.5. The molecule has 0 bridgehead atoms. The van der Waals surface area contributed by atoms with Crippen molar-refractivity contribution in [2.75, 3.05) is 0 Å². The standard InChI is InChI=1S/C38H25BO10/c39-29-34(44)30(40)24(31(41)35(29)45)15-13-21(26-20-11-5-6-12-22(20)49-23(26)14-15)25-16-7-1-3-9-18(16)27(19-10-4-2-8-17(19)25)28-32(42)36(46)38(48)37(47)33(28)43/h1-14,40-48H,39H2. The molecule has 49 heavy (non-hydrogen) atoms. The molecule has 0 unspecified atom stereocenters. The minimum Gasteiger partial charge on any atom is -0.505 e. The van der Waals surface area contributed by atoms with E-state index in [1.807, 2.05) is 30.3 Å². The van der Waals surface area contributed by atoms with Crippen molar-refractivity contribution < 1.29 is 50.4 Å². The van der Waals surface area contributed by atoms with E-state index in [9.17, 15) is 46.0 Å². The number of rotatable bonds is 3. The molecule has 0 aliphatic rings. The Kier molecular flexibility index (Phi) is 6.21. The number of phenolic OH excluding ortho intramolecular Hbond substituents is 9. The van der Waals surface area contributed by atoms with Crippen molar-refractivity contribution in [1.29, 1.82) is 0 Å². The number of fused-ring (bicyclic) bond motifs is 5. The first-order valence-electron chi connectivity index (χ1n) is 15.1. The summed E-state index contributed by atoms with van der Waals surface area (Å²) in [4.78, 5) is 0. The average molecular weight is 652 g/mol. The highest BCUT2D eigenvalue weighted by atomic mass is 16.4. The van der Waals surface area contributed by atoms with Crippen LogP contribution in [0.1, 0.15) is 0 Å². The van der Waals surface area contributed by atoms with E-state index in [1.54, 1.807) is 54.6 Å². The molecule has 10 nitrogen and oxygen atoms in total. The van der Waals surface area contributed by atoms with Gasteiger partial charge in [-0.3, -0.25) is 0 Å². The SMILES string of the molecule is Bc1c(O)c(O)c(-c2cc(-c3c4ccccc4c(-c4c(O)c(O)c(O)c(O)c4O)c4ccccc34)c3c(c2)oc2ccccc23)c(O)c1O. The predicted octanol–water partition coefficient (Wildman–Crippen LogP) is 6.50.